The molecule has 132 valence electrons. The highest BCUT2D eigenvalue weighted by atomic mass is 16.4. The van der Waals surface area contributed by atoms with Crippen molar-refractivity contribution in [3.63, 3.8) is 0 Å². The van der Waals surface area contributed by atoms with E-state index in [1.165, 1.54) is 4.90 Å². The Labute approximate surface area is 148 Å². The maximum Gasteiger partial charge on any atom is 0.317 e. The number of aliphatic carboxylic acids is 1. The molecular weight excluding hydrogens is 316 g/mol. The van der Waals surface area contributed by atoms with E-state index < -0.39 is 11.9 Å². The van der Waals surface area contributed by atoms with Crippen molar-refractivity contribution in [2.45, 2.75) is 19.9 Å². The SMILES string of the molecule is CC(CN(C)C(=O)NC(C)c1ccc(-c2ccccc2)cc1)C(=O)O. The average Bonchev–Trinajstić information content (AvgIpc) is 2.62. The molecule has 2 aromatic carbocycles. The van der Waals surface area contributed by atoms with Crippen molar-refractivity contribution in [1.82, 2.24) is 10.2 Å². The Morgan fingerprint density at radius 3 is 2.12 bits per heavy atom. The van der Waals surface area contributed by atoms with Crippen LogP contribution in [0.1, 0.15) is 25.5 Å². The fraction of sp³-hybridized carbons (Fsp3) is 0.300. The Kier molecular flexibility index (Phi) is 6.17. The van der Waals surface area contributed by atoms with Gasteiger partial charge < -0.3 is 15.3 Å². The summed E-state index contributed by atoms with van der Waals surface area (Å²) in [6.45, 7) is 3.66. The predicted octanol–water partition coefficient (Wildman–Crippen LogP) is 3.78. The first-order valence-corrected chi connectivity index (χ1v) is 8.28. The van der Waals surface area contributed by atoms with Crippen LogP contribution in [0.2, 0.25) is 0 Å². The maximum atomic E-state index is 12.2. The summed E-state index contributed by atoms with van der Waals surface area (Å²) < 4.78 is 0. The number of urea groups is 1. The molecule has 2 amide bonds. The molecule has 0 fully saturated rings. The van der Waals surface area contributed by atoms with Gasteiger partial charge in [-0.25, -0.2) is 4.79 Å². The van der Waals surface area contributed by atoms with Gasteiger partial charge in [-0.3, -0.25) is 4.79 Å². The number of carbonyl (C=O) groups is 2. The van der Waals surface area contributed by atoms with E-state index in [0.29, 0.717) is 0 Å². The molecule has 2 unspecified atom stereocenters. The number of amides is 2. The number of rotatable bonds is 6. The lowest BCUT2D eigenvalue weighted by atomic mass is 10.0. The molecule has 2 aromatic rings. The van der Waals surface area contributed by atoms with Gasteiger partial charge in [0.15, 0.2) is 0 Å². The van der Waals surface area contributed by atoms with E-state index in [0.717, 1.165) is 16.7 Å². The van der Waals surface area contributed by atoms with Crippen molar-refractivity contribution < 1.29 is 14.7 Å². The van der Waals surface area contributed by atoms with Gasteiger partial charge in [0.2, 0.25) is 0 Å². The third-order valence-electron chi connectivity index (χ3n) is 4.17. The highest BCUT2D eigenvalue weighted by Gasteiger charge is 2.18. The minimum atomic E-state index is -0.913. The van der Waals surface area contributed by atoms with Crippen molar-refractivity contribution in [2.75, 3.05) is 13.6 Å². The van der Waals surface area contributed by atoms with Crippen LogP contribution < -0.4 is 5.32 Å². The number of nitrogens with zero attached hydrogens (tertiary/aromatic N) is 1. The molecule has 0 saturated carbocycles. The second-order valence-corrected chi connectivity index (χ2v) is 6.28. The Bertz CT molecular complexity index is 713. The van der Waals surface area contributed by atoms with Crippen molar-refractivity contribution >= 4 is 12.0 Å². The molecule has 25 heavy (non-hydrogen) atoms. The van der Waals surface area contributed by atoms with E-state index in [1.807, 2.05) is 49.4 Å². The number of hydrogen-bond donors (Lipinski definition) is 2. The Morgan fingerprint density at radius 1 is 1.00 bits per heavy atom. The topological polar surface area (TPSA) is 69.6 Å². The number of carbonyl (C=O) groups excluding carboxylic acids is 1. The fourth-order valence-electron chi connectivity index (χ4n) is 2.55. The van der Waals surface area contributed by atoms with Crippen molar-refractivity contribution in [3.8, 4) is 11.1 Å². The van der Waals surface area contributed by atoms with E-state index >= 15 is 0 Å². The standard InChI is InChI=1S/C20H24N2O3/c1-14(19(23)24)13-22(3)20(25)21-15(2)16-9-11-18(12-10-16)17-7-5-4-6-8-17/h4-12,14-15H,13H2,1-3H3,(H,21,25)(H,23,24). The number of carboxylic acid groups (broad SMARTS) is 1. The van der Waals surface area contributed by atoms with Gasteiger partial charge in [0.25, 0.3) is 0 Å². The van der Waals surface area contributed by atoms with Crippen molar-refractivity contribution in [2.24, 2.45) is 5.92 Å². The second kappa shape index (κ2) is 8.33. The Balaban J connectivity index is 1.97. The summed E-state index contributed by atoms with van der Waals surface area (Å²) in [6.07, 6.45) is 0. The quantitative estimate of drug-likeness (QED) is 0.841. The van der Waals surface area contributed by atoms with E-state index in [9.17, 15) is 9.59 Å². The molecule has 0 aliphatic carbocycles. The zero-order valence-corrected chi connectivity index (χ0v) is 14.8. The molecule has 0 aromatic heterocycles. The minimum absolute atomic E-state index is 0.167. The average molecular weight is 340 g/mol. The highest BCUT2D eigenvalue weighted by Crippen LogP contribution is 2.21. The molecule has 0 radical (unpaired) electrons. The van der Waals surface area contributed by atoms with Gasteiger partial charge >= 0.3 is 12.0 Å². The van der Waals surface area contributed by atoms with Crippen LogP contribution in [-0.4, -0.2) is 35.6 Å². The normalized spacial score (nSPS) is 12.9. The molecule has 0 heterocycles. The molecule has 2 rings (SSSR count). The molecular formula is C20H24N2O3. The van der Waals surface area contributed by atoms with Gasteiger partial charge in [0.05, 0.1) is 12.0 Å². The molecule has 2 N–H and O–H groups in total. The summed E-state index contributed by atoms with van der Waals surface area (Å²) in [4.78, 5) is 24.5. The lowest BCUT2D eigenvalue weighted by molar-refractivity contribution is -0.141. The number of nitrogens with one attached hydrogen (secondary N) is 1. The van der Waals surface area contributed by atoms with Crippen molar-refractivity contribution in [3.05, 3.63) is 60.2 Å². The summed E-state index contributed by atoms with van der Waals surface area (Å²) in [5, 5.41) is 11.8. The summed E-state index contributed by atoms with van der Waals surface area (Å²) in [5.41, 5.74) is 3.26. The van der Waals surface area contributed by atoms with Crippen LogP contribution in [0.25, 0.3) is 11.1 Å². The van der Waals surface area contributed by atoms with E-state index in [4.69, 9.17) is 5.11 Å². The first-order chi connectivity index (χ1) is 11.9. The lowest BCUT2D eigenvalue weighted by Crippen LogP contribution is -2.41. The van der Waals surface area contributed by atoms with Crippen LogP contribution in [0, 0.1) is 5.92 Å². The van der Waals surface area contributed by atoms with Crippen LogP contribution >= 0.6 is 0 Å². The first kappa shape index (κ1) is 18.5. The van der Waals surface area contributed by atoms with Gasteiger partial charge in [-0.15, -0.1) is 0 Å². The summed E-state index contributed by atoms with van der Waals surface area (Å²) in [6, 6.07) is 17.7. The van der Waals surface area contributed by atoms with Gasteiger partial charge in [-0.2, -0.15) is 0 Å². The molecule has 0 aliphatic heterocycles. The smallest absolute Gasteiger partial charge is 0.317 e. The van der Waals surface area contributed by atoms with E-state index in [2.05, 4.69) is 17.4 Å². The van der Waals surface area contributed by atoms with Gasteiger partial charge in [-0.1, -0.05) is 61.5 Å². The molecule has 2 atom stereocenters. The van der Waals surface area contributed by atoms with Crippen LogP contribution in [0.3, 0.4) is 0 Å². The van der Waals surface area contributed by atoms with Gasteiger partial charge in [0.1, 0.15) is 0 Å². The van der Waals surface area contributed by atoms with E-state index in [-0.39, 0.29) is 18.6 Å². The Morgan fingerprint density at radius 2 is 1.56 bits per heavy atom. The summed E-state index contributed by atoms with van der Waals surface area (Å²) in [5.74, 6) is -1.51. The number of benzene rings is 2. The molecule has 0 spiro atoms. The van der Waals surface area contributed by atoms with Crippen LogP contribution in [0.4, 0.5) is 4.79 Å². The van der Waals surface area contributed by atoms with Crippen LogP contribution in [-0.2, 0) is 4.79 Å². The monoisotopic (exact) mass is 340 g/mol. The fourth-order valence-corrected chi connectivity index (χ4v) is 2.55. The third-order valence-corrected chi connectivity index (χ3v) is 4.17. The highest BCUT2D eigenvalue weighted by molar-refractivity contribution is 5.76. The second-order valence-electron chi connectivity index (χ2n) is 6.28. The minimum Gasteiger partial charge on any atom is -0.481 e. The van der Waals surface area contributed by atoms with E-state index in [1.54, 1.807) is 14.0 Å². The molecule has 0 bridgehead atoms. The van der Waals surface area contributed by atoms with Crippen LogP contribution in [0.15, 0.2) is 54.6 Å². The third kappa shape index (κ3) is 5.08. The Hall–Kier alpha value is -2.82. The lowest BCUT2D eigenvalue weighted by Gasteiger charge is -2.23. The van der Waals surface area contributed by atoms with Crippen LogP contribution in [0.5, 0.6) is 0 Å². The number of hydrogen-bond acceptors (Lipinski definition) is 2. The van der Waals surface area contributed by atoms with Gasteiger partial charge in [0, 0.05) is 13.6 Å². The van der Waals surface area contributed by atoms with Gasteiger partial charge in [-0.05, 0) is 23.6 Å². The maximum absolute atomic E-state index is 12.2. The summed E-state index contributed by atoms with van der Waals surface area (Å²) in [7, 11) is 1.60. The molecule has 5 heteroatoms. The molecule has 5 nitrogen and oxygen atoms in total. The summed E-state index contributed by atoms with van der Waals surface area (Å²) >= 11 is 0. The molecule has 0 saturated heterocycles. The number of carboxylic acids is 1. The largest absolute Gasteiger partial charge is 0.481 e. The zero-order valence-electron chi connectivity index (χ0n) is 14.8. The molecule has 0 aliphatic rings. The predicted molar refractivity (Wildman–Crippen MR) is 98.3 cm³/mol. The van der Waals surface area contributed by atoms with Crippen molar-refractivity contribution in [1.29, 1.82) is 0 Å². The zero-order chi connectivity index (χ0) is 18.4. The first-order valence-electron chi connectivity index (χ1n) is 8.28.